The molecule has 144 valence electrons. The Morgan fingerprint density at radius 1 is 1.18 bits per heavy atom. The Morgan fingerprint density at radius 2 is 1.86 bits per heavy atom. The average molecular weight is 381 g/mol. The van der Waals surface area contributed by atoms with Gasteiger partial charge in [0.15, 0.2) is 5.78 Å². The Labute approximate surface area is 161 Å². The van der Waals surface area contributed by atoms with Gasteiger partial charge in [0.1, 0.15) is 5.54 Å². The summed E-state index contributed by atoms with van der Waals surface area (Å²) >= 11 is 0. The zero-order valence-corrected chi connectivity index (χ0v) is 15.5. The highest BCUT2D eigenvalue weighted by Crippen LogP contribution is 2.31. The molecule has 1 unspecified atom stereocenters. The molecule has 1 saturated heterocycles. The Hall–Kier alpha value is -3.55. The van der Waals surface area contributed by atoms with Crippen LogP contribution in [0.15, 0.2) is 48.5 Å². The highest BCUT2D eigenvalue weighted by molar-refractivity contribution is 6.11. The van der Waals surface area contributed by atoms with E-state index in [2.05, 4.69) is 5.32 Å². The number of urea groups is 1. The number of non-ortho nitro benzene ring substituents is 1. The minimum Gasteiger partial charge on any atom is -0.319 e. The van der Waals surface area contributed by atoms with Gasteiger partial charge in [-0.25, -0.2) is 4.79 Å². The molecule has 2 aromatic carbocycles. The predicted octanol–water partition coefficient (Wildman–Crippen LogP) is 2.81. The lowest BCUT2D eigenvalue weighted by Crippen LogP contribution is -2.41. The third-order valence-corrected chi connectivity index (χ3v) is 4.90. The lowest BCUT2D eigenvalue weighted by molar-refractivity contribution is -0.385. The molecule has 0 aromatic heterocycles. The molecular weight excluding hydrogens is 362 g/mol. The number of hydrogen-bond donors (Lipinski definition) is 1. The zero-order chi connectivity index (χ0) is 20.5. The van der Waals surface area contributed by atoms with Gasteiger partial charge >= 0.3 is 6.03 Å². The van der Waals surface area contributed by atoms with E-state index >= 15 is 0 Å². The van der Waals surface area contributed by atoms with E-state index in [1.54, 1.807) is 12.1 Å². The first kappa shape index (κ1) is 19.2. The maximum Gasteiger partial charge on any atom is 0.325 e. The number of ketones is 1. The topological polar surface area (TPSA) is 110 Å². The van der Waals surface area contributed by atoms with Crippen LogP contribution in [0.1, 0.15) is 35.3 Å². The van der Waals surface area contributed by atoms with E-state index in [0.29, 0.717) is 5.56 Å². The van der Waals surface area contributed by atoms with Crippen molar-refractivity contribution in [2.24, 2.45) is 0 Å². The molecule has 3 rings (SSSR count). The van der Waals surface area contributed by atoms with E-state index in [0.717, 1.165) is 16.9 Å². The van der Waals surface area contributed by atoms with Gasteiger partial charge in [0.25, 0.3) is 11.6 Å². The van der Waals surface area contributed by atoms with Crippen LogP contribution in [0.2, 0.25) is 0 Å². The van der Waals surface area contributed by atoms with Gasteiger partial charge in [-0.1, -0.05) is 43.3 Å². The highest BCUT2D eigenvalue weighted by atomic mass is 16.6. The van der Waals surface area contributed by atoms with Gasteiger partial charge in [0, 0.05) is 17.7 Å². The van der Waals surface area contributed by atoms with Crippen molar-refractivity contribution in [2.45, 2.75) is 25.8 Å². The minimum atomic E-state index is -1.48. The molecule has 8 heteroatoms. The van der Waals surface area contributed by atoms with Gasteiger partial charge in [-0.15, -0.1) is 0 Å². The van der Waals surface area contributed by atoms with E-state index < -0.39 is 28.9 Å². The second kappa shape index (κ2) is 7.22. The second-order valence-corrected chi connectivity index (χ2v) is 6.73. The van der Waals surface area contributed by atoms with Crippen LogP contribution in [0.4, 0.5) is 10.5 Å². The molecule has 1 heterocycles. The molecule has 1 aliphatic rings. The fraction of sp³-hybridized carbons (Fsp3) is 0.250. The number of hydrogen-bond acceptors (Lipinski definition) is 5. The van der Waals surface area contributed by atoms with Crippen molar-refractivity contribution in [1.82, 2.24) is 10.2 Å². The zero-order valence-electron chi connectivity index (χ0n) is 15.5. The van der Waals surface area contributed by atoms with Gasteiger partial charge < -0.3 is 5.32 Å². The van der Waals surface area contributed by atoms with Gasteiger partial charge in [-0.2, -0.15) is 0 Å². The van der Waals surface area contributed by atoms with Crippen LogP contribution in [0.5, 0.6) is 0 Å². The molecule has 0 saturated carbocycles. The summed E-state index contributed by atoms with van der Waals surface area (Å²) in [5.74, 6) is -0.994. The summed E-state index contributed by atoms with van der Waals surface area (Å²) in [6.45, 7) is 3.06. The molecule has 2 aromatic rings. The summed E-state index contributed by atoms with van der Waals surface area (Å²) < 4.78 is 0. The fourth-order valence-corrected chi connectivity index (χ4v) is 3.13. The van der Waals surface area contributed by atoms with E-state index in [1.807, 2.05) is 19.1 Å². The summed E-state index contributed by atoms with van der Waals surface area (Å²) in [7, 11) is 0. The third-order valence-electron chi connectivity index (χ3n) is 4.90. The summed E-state index contributed by atoms with van der Waals surface area (Å²) in [6.07, 6.45) is 0.836. The van der Waals surface area contributed by atoms with Crippen LogP contribution in [0, 0.1) is 10.1 Å². The first-order valence-corrected chi connectivity index (χ1v) is 8.77. The lowest BCUT2D eigenvalue weighted by Gasteiger charge is -2.22. The number of nitrogens with one attached hydrogen (secondary N) is 1. The number of rotatable bonds is 6. The van der Waals surface area contributed by atoms with Crippen LogP contribution in [-0.2, 0) is 16.8 Å². The smallest absolute Gasteiger partial charge is 0.319 e. The van der Waals surface area contributed by atoms with Crippen LogP contribution in [0.3, 0.4) is 0 Å². The summed E-state index contributed by atoms with van der Waals surface area (Å²) in [5.41, 5.74) is 0.0929. The van der Waals surface area contributed by atoms with Crippen molar-refractivity contribution < 1.29 is 19.3 Å². The van der Waals surface area contributed by atoms with Crippen LogP contribution in [0.25, 0.3) is 0 Å². The number of nitro groups is 1. The van der Waals surface area contributed by atoms with Crippen LogP contribution >= 0.6 is 0 Å². The molecule has 0 bridgehead atoms. The molecule has 1 fully saturated rings. The molecule has 0 aliphatic carbocycles. The lowest BCUT2D eigenvalue weighted by atomic mass is 9.91. The normalized spacial score (nSPS) is 18.9. The van der Waals surface area contributed by atoms with Gasteiger partial charge in [-0.3, -0.25) is 24.6 Å². The molecule has 1 aliphatic heterocycles. The molecule has 8 nitrogen and oxygen atoms in total. The number of imide groups is 1. The molecule has 0 radical (unpaired) electrons. The number of carbonyl (C=O) groups excluding carboxylic acids is 3. The largest absolute Gasteiger partial charge is 0.325 e. The monoisotopic (exact) mass is 381 g/mol. The molecule has 3 amide bonds. The SMILES string of the molecule is CCc1ccc(C(=O)CN2C(=O)NC(C)(c3cccc([N+](=O)[O-])c3)C2=O)cc1. The van der Waals surface area contributed by atoms with Crippen molar-refractivity contribution in [2.75, 3.05) is 6.54 Å². The number of aryl methyl sites for hydroxylation is 1. The van der Waals surface area contributed by atoms with E-state index in [1.165, 1.54) is 31.2 Å². The number of nitrogens with zero attached hydrogens (tertiary/aromatic N) is 2. The standard InChI is InChI=1S/C20H19N3O5/c1-3-13-7-9-14(10-8-13)17(24)12-22-18(25)20(2,21-19(22)26)15-5-4-6-16(11-15)23(27)28/h4-11H,3,12H2,1-2H3,(H,21,26). The fourth-order valence-electron chi connectivity index (χ4n) is 3.13. The quantitative estimate of drug-likeness (QED) is 0.358. The Bertz CT molecular complexity index is 970. The van der Waals surface area contributed by atoms with Crippen molar-refractivity contribution in [3.8, 4) is 0 Å². The second-order valence-electron chi connectivity index (χ2n) is 6.73. The maximum absolute atomic E-state index is 12.9. The van der Waals surface area contributed by atoms with Crippen molar-refractivity contribution in [1.29, 1.82) is 0 Å². The summed E-state index contributed by atoms with van der Waals surface area (Å²) in [4.78, 5) is 49.1. The number of carbonyl (C=O) groups is 3. The summed E-state index contributed by atoms with van der Waals surface area (Å²) in [5, 5.41) is 13.6. The van der Waals surface area contributed by atoms with Gasteiger partial charge in [0.2, 0.25) is 0 Å². The van der Waals surface area contributed by atoms with Gasteiger partial charge in [0.05, 0.1) is 11.5 Å². The van der Waals surface area contributed by atoms with Crippen LogP contribution in [-0.4, -0.2) is 34.1 Å². The number of Topliss-reactive ketones (excluding diaryl/α,β-unsaturated/α-hetero) is 1. The predicted molar refractivity (Wildman–Crippen MR) is 101 cm³/mol. The molecule has 28 heavy (non-hydrogen) atoms. The molecule has 0 spiro atoms. The van der Waals surface area contributed by atoms with Crippen molar-refractivity contribution >= 4 is 23.4 Å². The van der Waals surface area contributed by atoms with E-state index in [4.69, 9.17) is 0 Å². The average Bonchev–Trinajstić information content (AvgIpc) is 2.92. The Balaban J connectivity index is 1.83. The summed E-state index contributed by atoms with van der Waals surface area (Å²) in [6, 6.07) is 11.8. The van der Waals surface area contributed by atoms with E-state index in [-0.39, 0.29) is 17.0 Å². The van der Waals surface area contributed by atoms with Crippen molar-refractivity contribution in [3.63, 3.8) is 0 Å². The Kier molecular flexibility index (Phi) is 4.96. The first-order valence-electron chi connectivity index (χ1n) is 8.77. The minimum absolute atomic E-state index is 0.189. The molecule has 1 atom stereocenters. The number of benzene rings is 2. The number of nitro benzene ring substituents is 1. The van der Waals surface area contributed by atoms with Crippen molar-refractivity contribution in [3.05, 3.63) is 75.3 Å². The van der Waals surface area contributed by atoms with Crippen LogP contribution < -0.4 is 5.32 Å². The maximum atomic E-state index is 12.9. The Morgan fingerprint density at radius 3 is 2.46 bits per heavy atom. The molecule has 1 N–H and O–H groups in total. The van der Waals surface area contributed by atoms with Gasteiger partial charge in [-0.05, 0) is 24.5 Å². The third kappa shape index (κ3) is 3.36. The highest BCUT2D eigenvalue weighted by Gasteiger charge is 2.49. The van der Waals surface area contributed by atoms with E-state index in [9.17, 15) is 24.5 Å². The molecular formula is C20H19N3O5. The number of amides is 3. The first-order chi connectivity index (χ1) is 13.3.